The summed E-state index contributed by atoms with van der Waals surface area (Å²) in [5.74, 6) is 0.684. The molecule has 2 rings (SSSR count). The summed E-state index contributed by atoms with van der Waals surface area (Å²) in [5.41, 5.74) is 2.36. The molecule has 4 atom stereocenters. The third kappa shape index (κ3) is 4.17. The largest absolute Gasteiger partial charge is 0.313 e. The van der Waals surface area contributed by atoms with Gasteiger partial charge in [0, 0.05) is 10.9 Å². The molecule has 1 aliphatic carbocycles. The van der Waals surface area contributed by atoms with Crippen LogP contribution in [-0.2, 0) is 10.8 Å². The second kappa shape index (κ2) is 7.55. The molecule has 1 aromatic rings. The van der Waals surface area contributed by atoms with Crippen molar-refractivity contribution in [1.29, 1.82) is 0 Å². The van der Waals surface area contributed by atoms with Crippen molar-refractivity contribution in [3.63, 3.8) is 0 Å². The van der Waals surface area contributed by atoms with Crippen molar-refractivity contribution in [3.8, 4) is 0 Å². The van der Waals surface area contributed by atoms with Crippen molar-refractivity contribution in [2.75, 3.05) is 6.54 Å². The van der Waals surface area contributed by atoms with E-state index in [0.717, 1.165) is 36.3 Å². The smallest absolute Gasteiger partial charge is 0.0579 e. The SMILES string of the molecule is CCCNC1CCC(C)CC1S(=O)c1cc(C)ccc1C. The van der Waals surface area contributed by atoms with Gasteiger partial charge >= 0.3 is 0 Å². The third-order valence-corrected chi connectivity index (χ3v) is 6.49. The Bertz CT molecular complexity index is 498. The maximum absolute atomic E-state index is 13.2. The van der Waals surface area contributed by atoms with Crippen LogP contribution in [0.25, 0.3) is 0 Å². The Hall–Kier alpha value is -0.670. The van der Waals surface area contributed by atoms with E-state index in [4.69, 9.17) is 0 Å². The quantitative estimate of drug-likeness (QED) is 0.892. The minimum absolute atomic E-state index is 0.251. The second-order valence-corrected chi connectivity index (χ2v) is 8.22. The summed E-state index contributed by atoms with van der Waals surface area (Å²) in [5, 5.41) is 3.88. The lowest BCUT2D eigenvalue weighted by atomic mass is 9.87. The first-order chi connectivity index (χ1) is 10.0. The summed E-state index contributed by atoms with van der Waals surface area (Å²) in [6.07, 6.45) is 4.61. The van der Waals surface area contributed by atoms with Crippen molar-refractivity contribution in [3.05, 3.63) is 29.3 Å². The van der Waals surface area contributed by atoms with Crippen LogP contribution in [0.15, 0.2) is 23.1 Å². The summed E-state index contributed by atoms with van der Waals surface area (Å²) in [6.45, 7) is 9.67. The van der Waals surface area contributed by atoms with Crippen LogP contribution in [0, 0.1) is 19.8 Å². The summed E-state index contributed by atoms with van der Waals surface area (Å²) < 4.78 is 13.2. The van der Waals surface area contributed by atoms with Gasteiger partial charge in [-0.15, -0.1) is 0 Å². The van der Waals surface area contributed by atoms with Gasteiger partial charge in [0.15, 0.2) is 0 Å². The molecule has 118 valence electrons. The molecule has 1 aromatic carbocycles. The first kappa shape index (κ1) is 16.7. The van der Waals surface area contributed by atoms with Gasteiger partial charge in [-0.25, -0.2) is 0 Å². The van der Waals surface area contributed by atoms with Crippen LogP contribution >= 0.6 is 0 Å². The zero-order chi connectivity index (χ0) is 15.4. The molecule has 0 saturated heterocycles. The van der Waals surface area contributed by atoms with Crippen molar-refractivity contribution in [1.82, 2.24) is 5.32 Å². The van der Waals surface area contributed by atoms with Gasteiger partial charge in [0.25, 0.3) is 0 Å². The maximum Gasteiger partial charge on any atom is 0.0579 e. The van der Waals surface area contributed by atoms with Crippen LogP contribution in [0.3, 0.4) is 0 Å². The molecule has 0 aromatic heterocycles. The number of hydrogen-bond donors (Lipinski definition) is 1. The van der Waals surface area contributed by atoms with Crippen LogP contribution in [0.5, 0.6) is 0 Å². The molecule has 0 radical (unpaired) electrons. The van der Waals surface area contributed by atoms with E-state index in [2.05, 4.69) is 51.2 Å². The van der Waals surface area contributed by atoms with Crippen LogP contribution < -0.4 is 5.32 Å². The van der Waals surface area contributed by atoms with Crippen molar-refractivity contribution in [2.24, 2.45) is 5.92 Å². The molecule has 21 heavy (non-hydrogen) atoms. The molecule has 0 amide bonds. The van der Waals surface area contributed by atoms with Gasteiger partial charge in [-0.05, 0) is 69.2 Å². The fourth-order valence-corrected chi connectivity index (χ4v) is 5.26. The standard InChI is InChI=1S/C18H29NOS/c1-5-10-19-16-9-7-14(3)12-18(16)21(20)17-11-13(2)6-8-15(17)4/h6,8,11,14,16,18-19H,5,7,9-10,12H2,1-4H3. The van der Waals surface area contributed by atoms with Gasteiger partial charge < -0.3 is 5.32 Å². The lowest BCUT2D eigenvalue weighted by Crippen LogP contribution is -2.46. The predicted molar refractivity (Wildman–Crippen MR) is 91.2 cm³/mol. The Morgan fingerprint density at radius 3 is 2.76 bits per heavy atom. The van der Waals surface area contributed by atoms with Gasteiger partial charge in [-0.3, -0.25) is 4.21 Å². The lowest BCUT2D eigenvalue weighted by Gasteiger charge is -2.35. The van der Waals surface area contributed by atoms with E-state index in [1.807, 2.05) is 0 Å². The van der Waals surface area contributed by atoms with Crippen LogP contribution in [0.2, 0.25) is 0 Å². The van der Waals surface area contributed by atoms with E-state index in [1.165, 1.54) is 12.0 Å². The molecule has 1 saturated carbocycles. The zero-order valence-electron chi connectivity index (χ0n) is 13.8. The summed E-state index contributed by atoms with van der Waals surface area (Å²) >= 11 is 0. The number of aryl methyl sites for hydroxylation is 2. The normalized spacial score (nSPS) is 27.5. The summed E-state index contributed by atoms with van der Waals surface area (Å²) in [7, 11) is -0.908. The van der Waals surface area contributed by atoms with E-state index in [1.54, 1.807) is 0 Å². The Kier molecular flexibility index (Phi) is 6.00. The molecule has 1 N–H and O–H groups in total. The number of rotatable bonds is 5. The Morgan fingerprint density at radius 1 is 1.29 bits per heavy atom. The molecule has 1 fully saturated rings. The van der Waals surface area contributed by atoms with Gasteiger partial charge in [0.1, 0.15) is 0 Å². The molecule has 0 aliphatic heterocycles. The monoisotopic (exact) mass is 307 g/mol. The third-order valence-electron chi connectivity index (χ3n) is 4.55. The molecular weight excluding hydrogens is 278 g/mol. The van der Waals surface area contributed by atoms with Crippen molar-refractivity contribution < 1.29 is 4.21 Å². The second-order valence-electron chi connectivity index (χ2n) is 6.58. The lowest BCUT2D eigenvalue weighted by molar-refractivity contribution is 0.313. The minimum atomic E-state index is -0.908. The van der Waals surface area contributed by atoms with Crippen molar-refractivity contribution in [2.45, 2.75) is 69.6 Å². The van der Waals surface area contributed by atoms with Crippen LogP contribution in [0.1, 0.15) is 50.7 Å². The number of nitrogens with one attached hydrogen (secondary N) is 1. The first-order valence-corrected chi connectivity index (χ1v) is 9.45. The Morgan fingerprint density at radius 2 is 2.05 bits per heavy atom. The number of benzene rings is 1. The highest BCUT2D eigenvalue weighted by Gasteiger charge is 2.33. The van der Waals surface area contributed by atoms with E-state index >= 15 is 0 Å². The highest BCUT2D eigenvalue weighted by Crippen LogP contribution is 2.31. The van der Waals surface area contributed by atoms with E-state index in [-0.39, 0.29) is 5.25 Å². The highest BCUT2D eigenvalue weighted by atomic mass is 32.2. The van der Waals surface area contributed by atoms with Gasteiger partial charge in [-0.2, -0.15) is 0 Å². The molecule has 1 aliphatic rings. The van der Waals surface area contributed by atoms with Gasteiger partial charge in [0.05, 0.1) is 16.0 Å². The van der Waals surface area contributed by atoms with E-state index in [0.29, 0.717) is 12.0 Å². The van der Waals surface area contributed by atoms with Crippen molar-refractivity contribution >= 4 is 10.8 Å². The van der Waals surface area contributed by atoms with Gasteiger partial charge in [0.2, 0.25) is 0 Å². The molecule has 2 nitrogen and oxygen atoms in total. The molecule has 4 unspecified atom stereocenters. The fourth-order valence-electron chi connectivity index (χ4n) is 3.22. The predicted octanol–water partition coefficient (Wildman–Crippen LogP) is 3.97. The van der Waals surface area contributed by atoms with Crippen LogP contribution in [0.4, 0.5) is 0 Å². The summed E-state index contributed by atoms with van der Waals surface area (Å²) in [4.78, 5) is 1.04. The average Bonchev–Trinajstić information content (AvgIpc) is 2.47. The highest BCUT2D eigenvalue weighted by molar-refractivity contribution is 7.85. The Labute approximate surface area is 132 Å². The van der Waals surface area contributed by atoms with E-state index in [9.17, 15) is 4.21 Å². The summed E-state index contributed by atoms with van der Waals surface area (Å²) in [6, 6.07) is 6.72. The Balaban J connectivity index is 2.22. The van der Waals surface area contributed by atoms with E-state index < -0.39 is 10.8 Å². The molecule has 0 spiro atoms. The molecule has 3 heteroatoms. The van der Waals surface area contributed by atoms with Gasteiger partial charge in [-0.1, -0.05) is 26.0 Å². The topological polar surface area (TPSA) is 29.1 Å². The molecular formula is C18H29NOS. The van der Waals surface area contributed by atoms with Crippen LogP contribution in [-0.4, -0.2) is 22.0 Å². The average molecular weight is 308 g/mol. The number of hydrogen-bond acceptors (Lipinski definition) is 2. The zero-order valence-corrected chi connectivity index (χ0v) is 14.6. The first-order valence-electron chi connectivity index (χ1n) is 8.24. The maximum atomic E-state index is 13.2. The minimum Gasteiger partial charge on any atom is -0.313 e. The molecule has 0 heterocycles. The molecule has 0 bridgehead atoms. The fraction of sp³-hybridized carbons (Fsp3) is 0.667.